The molecule has 0 saturated carbocycles. The van der Waals surface area contributed by atoms with E-state index in [4.69, 9.17) is 10.4 Å². The van der Waals surface area contributed by atoms with Crippen LogP contribution in [0, 0.1) is 11.3 Å². The lowest BCUT2D eigenvalue weighted by Crippen LogP contribution is -2.31. The molecule has 1 N–H and O–H groups in total. The van der Waals surface area contributed by atoms with Gasteiger partial charge in [-0.05, 0) is 19.1 Å². The highest BCUT2D eigenvalue weighted by molar-refractivity contribution is 5.69. The van der Waals surface area contributed by atoms with Gasteiger partial charge in [-0.2, -0.15) is 5.26 Å². The van der Waals surface area contributed by atoms with Crippen LogP contribution in [0.25, 0.3) is 0 Å². The first-order valence-electron chi connectivity index (χ1n) is 5.00. The fourth-order valence-electron chi connectivity index (χ4n) is 1.50. The molecule has 84 valence electrons. The van der Waals surface area contributed by atoms with Crippen molar-refractivity contribution in [3.63, 3.8) is 0 Å². The Kier molecular flexibility index (Phi) is 3.90. The molecule has 0 radical (unpaired) electrons. The van der Waals surface area contributed by atoms with Crippen LogP contribution in [0.15, 0.2) is 24.3 Å². The number of aliphatic carboxylic acids is 1. The molecule has 4 nitrogen and oxygen atoms in total. The van der Waals surface area contributed by atoms with Crippen molar-refractivity contribution in [3.05, 3.63) is 29.8 Å². The Morgan fingerprint density at radius 3 is 2.75 bits per heavy atom. The summed E-state index contributed by atoms with van der Waals surface area (Å²) in [6.45, 7) is 1.82. The summed E-state index contributed by atoms with van der Waals surface area (Å²) in [6.07, 6.45) is 0.0518. The topological polar surface area (TPSA) is 64.3 Å². The Balaban J connectivity index is 2.92. The maximum Gasteiger partial charge on any atom is 0.305 e. The molecule has 0 aromatic heterocycles. The number of carboxylic acid groups (broad SMARTS) is 1. The number of carbonyl (C=O) groups is 1. The van der Waals surface area contributed by atoms with E-state index in [1.54, 1.807) is 19.2 Å². The molecule has 0 spiro atoms. The first-order chi connectivity index (χ1) is 7.56. The van der Waals surface area contributed by atoms with Crippen molar-refractivity contribution in [1.29, 1.82) is 5.26 Å². The lowest BCUT2D eigenvalue weighted by molar-refractivity contribution is -0.137. The fourth-order valence-corrected chi connectivity index (χ4v) is 1.50. The van der Waals surface area contributed by atoms with Crippen molar-refractivity contribution in [1.82, 2.24) is 0 Å². The van der Waals surface area contributed by atoms with Gasteiger partial charge in [0.15, 0.2) is 0 Å². The van der Waals surface area contributed by atoms with Gasteiger partial charge < -0.3 is 10.0 Å². The van der Waals surface area contributed by atoms with E-state index >= 15 is 0 Å². The highest BCUT2D eigenvalue weighted by atomic mass is 16.4. The van der Waals surface area contributed by atoms with E-state index in [9.17, 15) is 4.79 Å². The average Bonchev–Trinajstić information content (AvgIpc) is 2.27. The molecule has 0 amide bonds. The minimum atomic E-state index is -0.839. The summed E-state index contributed by atoms with van der Waals surface area (Å²) in [7, 11) is 1.80. The first-order valence-corrected chi connectivity index (χ1v) is 5.00. The van der Waals surface area contributed by atoms with Crippen LogP contribution >= 0.6 is 0 Å². The molecule has 4 heteroatoms. The van der Waals surface area contributed by atoms with Gasteiger partial charge >= 0.3 is 5.97 Å². The second-order valence-corrected chi connectivity index (χ2v) is 3.69. The van der Waals surface area contributed by atoms with Crippen LogP contribution in [0.5, 0.6) is 0 Å². The highest BCUT2D eigenvalue weighted by Crippen LogP contribution is 2.21. The lowest BCUT2D eigenvalue weighted by atomic mass is 10.1. The maximum atomic E-state index is 10.6. The predicted molar refractivity (Wildman–Crippen MR) is 61.3 cm³/mol. The molecule has 16 heavy (non-hydrogen) atoms. The summed E-state index contributed by atoms with van der Waals surface area (Å²) in [4.78, 5) is 12.4. The molecule has 1 aromatic rings. The Hall–Kier alpha value is -2.02. The fraction of sp³-hybridized carbons (Fsp3) is 0.333. The van der Waals surface area contributed by atoms with Crippen LogP contribution in [-0.2, 0) is 4.79 Å². The standard InChI is InChI=1S/C12H14N2O2/c1-9(7-12(15)16)14(2)11-6-4-3-5-10(11)8-13/h3-6,9H,7H2,1-2H3,(H,15,16). The van der Waals surface area contributed by atoms with Crippen LogP contribution < -0.4 is 4.90 Å². The molecule has 0 aliphatic carbocycles. The molecule has 1 unspecified atom stereocenters. The van der Waals surface area contributed by atoms with E-state index < -0.39 is 5.97 Å². The third-order valence-electron chi connectivity index (χ3n) is 2.54. The van der Waals surface area contributed by atoms with E-state index in [1.807, 2.05) is 24.0 Å². The molecular weight excluding hydrogens is 204 g/mol. The van der Waals surface area contributed by atoms with E-state index in [2.05, 4.69) is 6.07 Å². The summed E-state index contributed by atoms with van der Waals surface area (Å²) >= 11 is 0. The van der Waals surface area contributed by atoms with Crippen LogP contribution in [-0.4, -0.2) is 24.2 Å². The number of rotatable bonds is 4. The van der Waals surface area contributed by atoms with Gasteiger partial charge in [-0.25, -0.2) is 0 Å². The van der Waals surface area contributed by atoms with Crippen molar-refractivity contribution in [3.8, 4) is 6.07 Å². The number of anilines is 1. The highest BCUT2D eigenvalue weighted by Gasteiger charge is 2.15. The largest absolute Gasteiger partial charge is 0.481 e. The van der Waals surface area contributed by atoms with Gasteiger partial charge in [0.05, 0.1) is 17.7 Å². The van der Waals surface area contributed by atoms with Gasteiger partial charge in [0.2, 0.25) is 0 Å². The van der Waals surface area contributed by atoms with Crippen LogP contribution in [0.4, 0.5) is 5.69 Å². The second-order valence-electron chi connectivity index (χ2n) is 3.69. The number of nitriles is 1. The Labute approximate surface area is 94.7 Å². The smallest absolute Gasteiger partial charge is 0.305 e. The molecule has 0 aliphatic rings. The van der Waals surface area contributed by atoms with Gasteiger partial charge in [-0.3, -0.25) is 4.79 Å². The summed E-state index contributed by atoms with van der Waals surface area (Å²) in [5.41, 5.74) is 1.32. The molecular formula is C12H14N2O2. The number of hydrogen-bond acceptors (Lipinski definition) is 3. The Morgan fingerprint density at radius 1 is 1.56 bits per heavy atom. The average molecular weight is 218 g/mol. The van der Waals surface area contributed by atoms with E-state index in [1.165, 1.54) is 0 Å². The number of nitrogens with zero attached hydrogens (tertiary/aromatic N) is 2. The van der Waals surface area contributed by atoms with E-state index in [0.717, 1.165) is 5.69 Å². The molecule has 0 fully saturated rings. The van der Waals surface area contributed by atoms with Crippen LogP contribution in [0.2, 0.25) is 0 Å². The normalized spacial score (nSPS) is 11.6. The van der Waals surface area contributed by atoms with Crippen LogP contribution in [0.3, 0.4) is 0 Å². The monoisotopic (exact) mass is 218 g/mol. The van der Waals surface area contributed by atoms with Crippen LogP contribution in [0.1, 0.15) is 18.9 Å². The number of benzene rings is 1. The maximum absolute atomic E-state index is 10.6. The SMILES string of the molecule is CC(CC(=O)O)N(C)c1ccccc1C#N. The number of carboxylic acids is 1. The van der Waals surface area contributed by atoms with Gasteiger partial charge in [0, 0.05) is 13.1 Å². The molecule has 1 aromatic carbocycles. The van der Waals surface area contributed by atoms with Gasteiger partial charge in [0.25, 0.3) is 0 Å². The summed E-state index contributed by atoms with van der Waals surface area (Å²) in [5, 5.41) is 17.7. The minimum absolute atomic E-state index is 0.0518. The molecule has 0 aliphatic heterocycles. The summed E-state index contributed by atoms with van der Waals surface area (Å²) in [5.74, 6) is -0.839. The first kappa shape index (κ1) is 12.1. The zero-order chi connectivity index (χ0) is 12.1. The molecule has 0 bridgehead atoms. The third-order valence-corrected chi connectivity index (χ3v) is 2.54. The quantitative estimate of drug-likeness (QED) is 0.837. The molecule has 0 heterocycles. The zero-order valence-corrected chi connectivity index (χ0v) is 9.34. The second kappa shape index (κ2) is 5.17. The lowest BCUT2D eigenvalue weighted by Gasteiger charge is -2.26. The number of hydrogen-bond donors (Lipinski definition) is 1. The Bertz CT molecular complexity index is 423. The zero-order valence-electron chi connectivity index (χ0n) is 9.34. The summed E-state index contributed by atoms with van der Waals surface area (Å²) in [6, 6.07) is 9.11. The van der Waals surface area contributed by atoms with Gasteiger partial charge in [-0.15, -0.1) is 0 Å². The summed E-state index contributed by atoms with van der Waals surface area (Å²) < 4.78 is 0. The molecule has 1 rings (SSSR count). The number of para-hydroxylation sites is 1. The van der Waals surface area contributed by atoms with Crippen molar-refractivity contribution < 1.29 is 9.90 Å². The van der Waals surface area contributed by atoms with E-state index in [0.29, 0.717) is 5.56 Å². The van der Waals surface area contributed by atoms with Gasteiger partial charge in [0.1, 0.15) is 6.07 Å². The van der Waals surface area contributed by atoms with Crippen molar-refractivity contribution in [2.45, 2.75) is 19.4 Å². The Morgan fingerprint density at radius 2 is 2.19 bits per heavy atom. The van der Waals surface area contributed by atoms with Crippen molar-refractivity contribution in [2.75, 3.05) is 11.9 Å². The minimum Gasteiger partial charge on any atom is -0.481 e. The third kappa shape index (κ3) is 2.74. The van der Waals surface area contributed by atoms with Crippen molar-refractivity contribution in [2.24, 2.45) is 0 Å². The van der Waals surface area contributed by atoms with Gasteiger partial charge in [-0.1, -0.05) is 12.1 Å². The van der Waals surface area contributed by atoms with Crippen molar-refractivity contribution >= 4 is 11.7 Å². The molecule has 1 atom stereocenters. The molecule has 0 saturated heterocycles. The van der Waals surface area contributed by atoms with E-state index in [-0.39, 0.29) is 12.5 Å². The predicted octanol–water partition coefficient (Wildman–Crippen LogP) is 1.86.